The quantitative estimate of drug-likeness (QED) is 0.725. The lowest BCUT2D eigenvalue weighted by Crippen LogP contribution is -1.95. The Kier molecular flexibility index (Phi) is 1.38. The molecule has 2 heterocycles. The van der Waals surface area contributed by atoms with Crippen molar-refractivity contribution in [1.82, 2.24) is 25.0 Å². The summed E-state index contributed by atoms with van der Waals surface area (Å²) in [7, 11) is 0. The van der Waals surface area contributed by atoms with E-state index in [-0.39, 0.29) is 0 Å². The highest BCUT2D eigenvalue weighted by Gasteiger charge is 2.26. The summed E-state index contributed by atoms with van der Waals surface area (Å²) < 4.78 is 2.06. The normalized spacial score (nSPS) is 16.0. The standard InChI is InChI=1S/C8H10N6/c9-7-3-6(11-12-7)8-13-10-4-14(8)5-1-2-5/h3-5H,1-2H2,(H3,9,11,12). The second-order valence-electron chi connectivity index (χ2n) is 3.50. The molecule has 0 spiro atoms. The Balaban J connectivity index is 2.06. The maximum atomic E-state index is 5.53. The molecular formula is C8H10N6. The fourth-order valence-electron chi connectivity index (χ4n) is 1.51. The van der Waals surface area contributed by atoms with Crippen LogP contribution in [0.15, 0.2) is 12.4 Å². The third kappa shape index (κ3) is 1.07. The molecule has 0 bridgehead atoms. The van der Waals surface area contributed by atoms with Crippen LogP contribution in [0.1, 0.15) is 18.9 Å². The van der Waals surface area contributed by atoms with Crippen LogP contribution in [0, 0.1) is 0 Å². The highest BCUT2D eigenvalue weighted by molar-refractivity contribution is 5.54. The predicted octanol–water partition coefficient (Wildman–Crippen LogP) is 0.585. The molecule has 1 aliphatic carbocycles. The Hall–Kier alpha value is -1.85. The molecule has 1 fully saturated rings. The van der Waals surface area contributed by atoms with Crippen LogP contribution >= 0.6 is 0 Å². The molecular weight excluding hydrogens is 180 g/mol. The van der Waals surface area contributed by atoms with Gasteiger partial charge in [-0.05, 0) is 12.8 Å². The van der Waals surface area contributed by atoms with Crippen molar-refractivity contribution in [2.24, 2.45) is 0 Å². The molecule has 0 amide bonds. The van der Waals surface area contributed by atoms with E-state index >= 15 is 0 Å². The van der Waals surface area contributed by atoms with E-state index in [1.54, 1.807) is 12.4 Å². The molecule has 2 aromatic heterocycles. The van der Waals surface area contributed by atoms with Crippen molar-refractivity contribution in [1.29, 1.82) is 0 Å². The number of H-pyrrole nitrogens is 1. The van der Waals surface area contributed by atoms with Gasteiger partial charge in [-0.25, -0.2) is 0 Å². The van der Waals surface area contributed by atoms with Crippen LogP contribution in [0.3, 0.4) is 0 Å². The lowest BCUT2D eigenvalue weighted by Gasteiger charge is -2.00. The lowest BCUT2D eigenvalue weighted by molar-refractivity contribution is 0.743. The molecule has 3 rings (SSSR count). The van der Waals surface area contributed by atoms with Crippen molar-refractivity contribution in [3.63, 3.8) is 0 Å². The Labute approximate surface area is 80.1 Å². The summed E-state index contributed by atoms with van der Waals surface area (Å²) in [5, 5.41) is 14.6. The SMILES string of the molecule is Nc1cc(-c2nncn2C2CC2)[nH]n1. The fraction of sp³-hybridized carbons (Fsp3) is 0.375. The summed E-state index contributed by atoms with van der Waals surface area (Å²) in [6.45, 7) is 0. The van der Waals surface area contributed by atoms with Gasteiger partial charge in [0.15, 0.2) is 5.82 Å². The Morgan fingerprint density at radius 2 is 2.36 bits per heavy atom. The number of rotatable bonds is 2. The van der Waals surface area contributed by atoms with Crippen molar-refractivity contribution < 1.29 is 0 Å². The summed E-state index contributed by atoms with van der Waals surface area (Å²) in [5.74, 6) is 1.29. The van der Waals surface area contributed by atoms with Crippen molar-refractivity contribution in [2.75, 3.05) is 5.73 Å². The van der Waals surface area contributed by atoms with Crippen LogP contribution < -0.4 is 5.73 Å². The number of hydrogen-bond acceptors (Lipinski definition) is 4. The van der Waals surface area contributed by atoms with Gasteiger partial charge in [0.1, 0.15) is 17.8 Å². The van der Waals surface area contributed by atoms with Crippen molar-refractivity contribution >= 4 is 5.82 Å². The van der Waals surface area contributed by atoms with Gasteiger partial charge in [-0.3, -0.25) is 5.10 Å². The number of nitrogens with two attached hydrogens (primary N) is 1. The topological polar surface area (TPSA) is 85.4 Å². The molecule has 6 heteroatoms. The molecule has 3 N–H and O–H groups in total. The summed E-state index contributed by atoms with van der Waals surface area (Å²) in [5.41, 5.74) is 6.35. The fourth-order valence-corrected chi connectivity index (χ4v) is 1.51. The summed E-state index contributed by atoms with van der Waals surface area (Å²) >= 11 is 0. The minimum atomic E-state index is 0.477. The molecule has 72 valence electrons. The van der Waals surface area contributed by atoms with Crippen LogP contribution in [0.5, 0.6) is 0 Å². The van der Waals surface area contributed by atoms with Gasteiger partial charge in [-0.2, -0.15) is 5.10 Å². The smallest absolute Gasteiger partial charge is 0.182 e. The third-order valence-electron chi connectivity index (χ3n) is 2.35. The third-order valence-corrected chi connectivity index (χ3v) is 2.35. The van der Waals surface area contributed by atoms with E-state index in [4.69, 9.17) is 5.73 Å². The largest absolute Gasteiger partial charge is 0.382 e. The van der Waals surface area contributed by atoms with Gasteiger partial charge < -0.3 is 10.3 Å². The Bertz CT molecular complexity index is 452. The van der Waals surface area contributed by atoms with Crippen molar-refractivity contribution in [3.05, 3.63) is 12.4 Å². The predicted molar refractivity (Wildman–Crippen MR) is 50.3 cm³/mol. The van der Waals surface area contributed by atoms with Gasteiger partial charge in [0, 0.05) is 12.1 Å². The first-order valence-corrected chi connectivity index (χ1v) is 4.55. The molecule has 0 aliphatic heterocycles. The lowest BCUT2D eigenvalue weighted by atomic mass is 10.4. The zero-order valence-corrected chi connectivity index (χ0v) is 7.51. The molecule has 0 unspecified atom stereocenters. The van der Waals surface area contributed by atoms with E-state index < -0.39 is 0 Å². The first-order chi connectivity index (χ1) is 6.84. The molecule has 0 saturated heterocycles. The maximum absolute atomic E-state index is 5.53. The number of hydrogen-bond donors (Lipinski definition) is 2. The van der Waals surface area contributed by atoms with Crippen LogP contribution in [-0.2, 0) is 0 Å². The number of anilines is 1. The maximum Gasteiger partial charge on any atom is 0.182 e. The van der Waals surface area contributed by atoms with Gasteiger partial charge in [-0.15, -0.1) is 10.2 Å². The van der Waals surface area contributed by atoms with Gasteiger partial charge in [0.2, 0.25) is 0 Å². The second-order valence-corrected chi connectivity index (χ2v) is 3.50. The van der Waals surface area contributed by atoms with E-state index in [0.717, 1.165) is 11.5 Å². The molecule has 0 radical (unpaired) electrons. The van der Waals surface area contributed by atoms with Gasteiger partial charge in [-0.1, -0.05) is 0 Å². The molecule has 6 nitrogen and oxygen atoms in total. The minimum Gasteiger partial charge on any atom is -0.382 e. The first kappa shape index (κ1) is 7.54. The van der Waals surface area contributed by atoms with Gasteiger partial charge >= 0.3 is 0 Å². The Morgan fingerprint density at radius 3 is 3.00 bits per heavy atom. The van der Waals surface area contributed by atoms with E-state index in [2.05, 4.69) is 25.0 Å². The zero-order chi connectivity index (χ0) is 9.54. The number of aromatic nitrogens is 5. The number of nitrogen functional groups attached to an aromatic ring is 1. The summed E-state index contributed by atoms with van der Waals surface area (Å²) in [6.07, 6.45) is 4.16. The van der Waals surface area contributed by atoms with Crippen molar-refractivity contribution in [2.45, 2.75) is 18.9 Å². The summed E-state index contributed by atoms with van der Waals surface area (Å²) in [4.78, 5) is 0. The first-order valence-electron chi connectivity index (χ1n) is 4.55. The summed E-state index contributed by atoms with van der Waals surface area (Å²) in [6, 6.07) is 2.33. The van der Waals surface area contributed by atoms with Crippen LogP contribution in [0.4, 0.5) is 5.82 Å². The molecule has 14 heavy (non-hydrogen) atoms. The number of nitrogens with zero attached hydrogens (tertiary/aromatic N) is 4. The molecule has 0 aromatic carbocycles. The monoisotopic (exact) mass is 190 g/mol. The van der Waals surface area contributed by atoms with Gasteiger partial charge in [0.25, 0.3) is 0 Å². The minimum absolute atomic E-state index is 0.477. The highest BCUT2D eigenvalue weighted by atomic mass is 15.3. The van der Waals surface area contributed by atoms with Gasteiger partial charge in [0.05, 0.1) is 0 Å². The molecule has 1 aliphatic rings. The molecule has 1 saturated carbocycles. The highest BCUT2D eigenvalue weighted by Crippen LogP contribution is 2.37. The van der Waals surface area contributed by atoms with E-state index in [9.17, 15) is 0 Å². The molecule has 2 aromatic rings. The zero-order valence-electron chi connectivity index (χ0n) is 7.51. The van der Waals surface area contributed by atoms with E-state index in [0.29, 0.717) is 11.9 Å². The van der Waals surface area contributed by atoms with E-state index in [1.165, 1.54) is 12.8 Å². The molecule has 0 atom stereocenters. The number of nitrogens with one attached hydrogen (secondary N) is 1. The Morgan fingerprint density at radius 1 is 1.50 bits per heavy atom. The van der Waals surface area contributed by atoms with Crippen LogP contribution in [-0.4, -0.2) is 25.0 Å². The second kappa shape index (κ2) is 2.57. The van der Waals surface area contributed by atoms with E-state index in [1.807, 2.05) is 0 Å². The van der Waals surface area contributed by atoms with Crippen LogP contribution in [0.25, 0.3) is 11.5 Å². The van der Waals surface area contributed by atoms with Crippen LogP contribution in [0.2, 0.25) is 0 Å². The number of aromatic amines is 1. The van der Waals surface area contributed by atoms with Crippen molar-refractivity contribution in [3.8, 4) is 11.5 Å². The average Bonchev–Trinajstić information content (AvgIpc) is 2.75. The average molecular weight is 190 g/mol.